The number of halogens is 1. The molecule has 0 radical (unpaired) electrons. The normalized spacial score (nSPS) is 20.0. The SMILES string of the molecule is C#Cc1ccccc1C1CN(CC(=O)N2CCC(OC(=O)O)CC2)C(=O)C(CC(C)C)c2ccc(Cl)cc21. The molecular formula is C30H33ClN2O5. The van der Waals surface area contributed by atoms with Gasteiger partial charge in [0.2, 0.25) is 11.8 Å². The van der Waals surface area contributed by atoms with Crippen LogP contribution in [-0.4, -0.2) is 65.2 Å². The number of fused-ring (bicyclic) bond motifs is 1. The number of carbonyl (C=O) groups is 3. The van der Waals surface area contributed by atoms with Crippen molar-refractivity contribution < 1.29 is 24.2 Å². The van der Waals surface area contributed by atoms with Gasteiger partial charge < -0.3 is 19.6 Å². The number of carbonyl (C=O) groups excluding carboxylic acids is 2. The van der Waals surface area contributed by atoms with Gasteiger partial charge in [-0.2, -0.15) is 0 Å². The molecule has 0 spiro atoms. The Morgan fingerprint density at radius 2 is 1.84 bits per heavy atom. The third kappa shape index (κ3) is 6.14. The Morgan fingerprint density at radius 1 is 1.13 bits per heavy atom. The molecule has 2 aromatic carbocycles. The van der Waals surface area contributed by atoms with Crippen LogP contribution in [-0.2, 0) is 14.3 Å². The van der Waals surface area contributed by atoms with Gasteiger partial charge in [-0.3, -0.25) is 9.59 Å². The summed E-state index contributed by atoms with van der Waals surface area (Å²) in [5, 5.41) is 9.46. The molecule has 2 heterocycles. The van der Waals surface area contributed by atoms with E-state index in [9.17, 15) is 14.4 Å². The van der Waals surface area contributed by atoms with Gasteiger partial charge in [-0.25, -0.2) is 4.79 Å². The number of hydrogen-bond donors (Lipinski definition) is 1. The van der Waals surface area contributed by atoms with Crippen LogP contribution in [0.15, 0.2) is 42.5 Å². The summed E-state index contributed by atoms with van der Waals surface area (Å²) in [5.41, 5.74) is 3.54. The molecule has 4 rings (SSSR count). The lowest BCUT2D eigenvalue weighted by atomic mass is 9.81. The van der Waals surface area contributed by atoms with Gasteiger partial charge in [0.1, 0.15) is 6.10 Å². The summed E-state index contributed by atoms with van der Waals surface area (Å²) >= 11 is 6.47. The van der Waals surface area contributed by atoms with E-state index in [-0.39, 0.29) is 30.2 Å². The number of terminal acetylenes is 1. The van der Waals surface area contributed by atoms with E-state index >= 15 is 0 Å². The molecule has 1 saturated heterocycles. The Morgan fingerprint density at radius 3 is 2.50 bits per heavy atom. The summed E-state index contributed by atoms with van der Waals surface area (Å²) < 4.78 is 4.87. The molecule has 2 unspecified atom stereocenters. The van der Waals surface area contributed by atoms with E-state index < -0.39 is 18.2 Å². The largest absolute Gasteiger partial charge is 0.506 e. The minimum Gasteiger partial charge on any atom is -0.450 e. The molecule has 0 aliphatic carbocycles. The molecule has 8 heteroatoms. The smallest absolute Gasteiger partial charge is 0.450 e. The number of hydrogen-bond acceptors (Lipinski definition) is 4. The van der Waals surface area contributed by atoms with Gasteiger partial charge in [0, 0.05) is 49.0 Å². The van der Waals surface area contributed by atoms with Crippen molar-refractivity contribution in [2.75, 3.05) is 26.2 Å². The van der Waals surface area contributed by atoms with Crippen molar-refractivity contribution in [1.82, 2.24) is 9.80 Å². The Kier molecular flexibility index (Phi) is 8.63. The van der Waals surface area contributed by atoms with E-state index in [1.807, 2.05) is 42.5 Å². The van der Waals surface area contributed by atoms with E-state index in [1.165, 1.54) is 0 Å². The maximum absolute atomic E-state index is 14.0. The summed E-state index contributed by atoms with van der Waals surface area (Å²) in [4.78, 5) is 41.7. The molecule has 0 aromatic heterocycles. The van der Waals surface area contributed by atoms with Gasteiger partial charge in [0.15, 0.2) is 0 Å². The van der Waals surface area contributed by atoms with Gasteiger partial charge >= 0.3 is 6.16 Å². The maximum atomic E-state index is 14.0. The van der Waals surface area contributed by atoms with Gasteiger partial charge in [-0.1, -0.05) is 55.6 Å². The summed E-state index contributed by atoms with van der Waals surface area (Å²) in [5.74, 6) is 2.12. The van der Waals surface area contributed by atoms with Gasteiger partial charge in [0.25, 0.3) is 0 Å². The van der Waals surface area contributed by atoms with Crippen molar-refractivity contribution in [2.45, 2.75) is 51.0 Å². The predicted molar refractivity (Wildman–Crippen MR) is 145 cm³/mol. The minimum atomic E-state index is -1.31. The minimum absolute atomic E-state index is 0.0612. The highest BCUT2D eigenvalue weighted by Crippen LogP contribution is 2.41. The third-order valence-electron chi connectivity index (χ3n) is 7.40. The molecular weight excluding hydrogens is 504 g/mol. The first-order valence-corrected chi connectivity index (χ1v) is 13.4. The molecule has 1 fully saturated rings. The predicted octanol–water partition coefficient (Wildman–Crippen LogP) is 5.11. The molecule has 2 atom stereocenters. The van der Waals surface area contributed by atoms with Crippen LogP contribution < -0.4 is 0 Å². The van der Waals surface area contributed by atoms with Crippen molar-refractivity contribution in [2.24, 2.45) is 5.92 Å². The second kappa shape index (κ2) is 11.9. The van der Waals surface area contributed by atoms with Crippen LogP contribution in [0.3, 0.4) is 0 Å². The summed E-state index contributed by atoms with van der Waals surface area (Å²) in [6.07, 6.45) is 5.64. The number of benzene rings is 2. The van der Waals surface area contributed by atoms with Crippen LogP contribution in [0.2, 0.25) is 5.02 Å². The quantitative estimate of drug-likeness (QED) is 0.409. The van der Waals surface area contributed by atoms with E-state index in [1.54, 1.807) is 9.80 Å². The topological polar surface area (TPSA) is 87.2 Å². The van der Waals surface area contributed by atoms with Crippen LogP contribution >= 0.6 is 11.6 Å². The Bertz CT molecular complexity index is 1250. The lowest BCUT2D eigenvalue weighted by Crippen LogP contribution is -2.48. The van der Waals surface area contributed by atoms with Crippen molar-refractivity contribution >= 4 is 29.6 Å². The number of nitrogens with zero attached hydrogens (tertiary/aromatic N) is 2. The monoisotopic (exact) mass is 536 g/mol. The highest BCUT2D eigenvalue weighted by atomic mass is 35.5. The number of ether oxygens (including phenoxy) is 1. The molecule has 2 aliphatic heterocycles. The van der Waals surface area contributed by atoms with Crippen molar-refractivity contribution in [1.29, 1.82) is 0 Å². The maximum Gasteiger partial charge on any atom is 0.506 e. The van der Waals surface area contributed by atoms with Gasteiger partial charge in [0.05, 0.1) is 12.5 Å². The lowest BCUT2D eigenvalue weighted by molar-refractivity contribution is -0.142. The van der Waals surface area contributed by atoms with E-state index in [2.05, 4.69) is 19.8 Å². The number of amides is 2. The van der Waals surface area contributed by atoms with Crippen LogP contribution in [0.25, 0.3) is 0 Å². The molecule has 0 saturated carbocycles. The number of rotatable bonds is 6. The Balaban J connectivity index is 1.68. The first kappa shape index (κ1) is 27.5. The molecule has 7 nitrogen and oxygen atoms in total. The number of likely N-dealkylation sites (tertiary alicyclic amines) is 1. The Labute approximate surface area is 228 Å². The third-order valence-corrected chi connectivity index (χ3v) is 7.63. The zero-order valence-electron chi connectivity index (χ0n) is 21.7. The molecule has 0 bridgehead atoms. The zero-order chi connectivity index (χ0) is 27.4. The first-order chi connectivity index (χ1) is 18.2. The number of piperidine rings is 1. The second-order valence-corrected chi connectivity index (χ2v) is 10.9. The lowest BCUT2D eigenvalue weighted by Gasteiger charge is -2.34. The van der Waals surface area contributed by atoms with E-state index in [0.717, 1.165) is 22.3 Å². The average molecular weight is 537 g/mol. The molecule has 38 heavy (non-hydrogen) atoms. The summed E-state index contributed by atoms with van der Waals surface area (Å²) in [6, 6.07) is 13.4. The zero-order valence-corrected chi connectivity index (χ0v) is 22.5. The molecule has 2 aromatic rings. The average Bonchev–Trinajstić information content (AvgIpc) is 2.98. The van der Waals surface area contributed by atoms with Crippen LogP contribution in [0, 0.1) is 18.3 Å². The fourth-order valence-corrected chi connectivity index (χ4v) is 5.78. The highest BCUT2D eigenvalue weighted by molar-refractivity contribution is 6.30. The molecule has 2 amide bonds. The van der Waals surface area contributed by atoms with Crippen molar-refractivity contribution in [3.05, 3.63) is 69.7 Å². The van der Waals surface area contributed by atoms with Crippen molar-refractivity contribution in [3.63, 3.8) is 0 Å². The van der Waals surface area contributed by atoms with Crippen LogP contribution in [0.4, 0.5) is 4.79 Å². The molecule has 1 N–H and O–H groups in total. The van der Waals surface area contributed by atoms with Gasteiger partial charge in [-0.15, -0.1) is 6.42 Å². The molecule has 2 aliphatic rings. The fourth-order valence-electron chi connectivity index (χ4n) is 5.60. The van der Waals surface area contributed by atoms with Gasteiger partial charge in [-0.05, 0) is 47.2 Å². The van der Waals surface area contributed by atoms with Crippen LogP contribution in [0.5, 0.6) is 0 Å². The fraction of sp³-hybridized carbons (Fsp3) is 0.433. The first-order valence-electron chi connectivity index (χ1n) is 13.0. The second-order valence-electron chi connectivity index (χ2n) is 10.4. The van der Waals surface area contributed by atoms with E-state index in [4.69, 9.17) is 27.9 Å². The summed E-state index contributed by atoms with van der Waals surface area (Å²) in [6.45, 7) is 5.16. The van der Waals surface area contributed by atoms with Crippen molar-refractivity contribution in [3.8, 4) is 12.3 Å². The number of carboxylic acid groups (broad SMARTS) is 1. The summed E-state index contributed by atoms with van der Waals surface area (Å²) in [7, 11) is 0. The standard InChI is InChI=1S/C30H33ClN2O5/c1-4-20-7-5-6-8-23(20)27-17-33(18-28(34)32-13-11-22(12-14-32)38-30(36)37)29(35)26(15-19(2)3)24-10-9-21(31)16-25(24)27/h1,5-10,16,19,22,26-27H,11-15,17-18H2,2-3H3,(H,36,37). The Hall–Kier alpha value is -3.50. The highest BCUT2D eigenvalue weighted by Gasteiger charge is 2.38. The van der Waals surface area contributed by atoms with Crippen LogP contribution in [0.1, 0.15) is 67.2 Å². The van der Waals surface area contributed by atoms with E-state index in [0.29, 0.717) is 43.9 Å². The molecule has 200 valence electrons.